The van der Waals surface area contributed by atoms with Gasteiger partial charge in [-0.2, -0.15) is 0 Å². The van der Waals surface area contributed by atoms with Gasteiger partial charge in [0.05, 0.1) is 4.92 Å². The summed E-state index contributed by atoms with van der Waals surface area (Å²) < 4.78 is 30.9. The number of halogens is 2. The van der Waals surface area contributed by atoms with E-state index in [0.29, 0.717) is 5.69 Å². The molecule has 1 atom stereocenters. The maximum atomic E-state index is 13.0. The van der Waals surface area contributed by atoms with Gasteiger partial charge in [-0.1, -0.05) is 0 Å². The molecule has 0 spiro atoms. The summed E-state index contributed by atoms with van der Waals surface area (Å²) in [5.41, 5.74) is 0.570. The summed E-state index contributed by atoms with van der Waals surface area (Å²) >= 11 is 0. The number of non-ortho nitro benzene ring substituents is 1. The topological polar surface area (TPSA) is 84.6 Å². The van der Waals surface area contributed by atoms with Crippen LogP contribution in [-0.2, 0) is 0 Å². The van der Waals surface area contributed by atoms with Gasteiger partial charge in [-0.15, -0.1) is 0 Å². The Morgan fingerprint density at radius 1 is 1.17 bits per heavy atom. The molecule has 2 aromatic rings. The molecule has 0 aliphatic carbocycles. The van der Waals surface area contributed by atoms with Crippen LogP contribution in [0.5, 0.6) is 5.75 Å². The smallest absolute Gasteiger partial charge is 0.269 e. The summed E-state index contributed by atoms with van der Waals surface area (Å²) in [4.78, 5) is 10.0. The number of nitro benzene ring substituents is 1. The standard InChI is InChI=1S/C15H14F2N2O4/c16-14-6-5-13(7-15(14)17)23-9-12(20)8-18-10-1-3-11(4-2-10)19(21)22/h1-7,12,18,20H,8-9H2. The molecule has 6 nitrogen and oxygen atoms in total. The fraction of sp³-hybridized carbons (Fsp3) is 0.200. The minimum Gasteiger partial charge on any atom is -0.491 e. The van der Waals surface area contributed by atoms with Crippen LogP contribution in [0.25, 0.3) is 0 Å². The summed E-state index contributed by atoms with van der Waals surface area (Å²) in [5, 5.41) is 23.2. The molecule has 0 saturated heterocycles. The van der Waals surface area contributed by atoms with Gasteiger partial charge in [-0.05, 0) is 24.3 Å². The number of aliphatic hydroxyl groups excluding tert-OH is 1. The Kier molecular flexibility index (Phi) is 5.42. The third-order valence-corrected chi connectivity index (χ3v) is 2.95. The molecule has 0 fully saturated rings. The largest absolute Gasteiger partial charge is 0.491 e. The van der Waals surface area contributed by atoms with E-state index in [9.17, 15) is 24.0 Å². The van der Waals surface area contributed by atoms with E-state index in [-0.39, 0.29) is 24.6 Å². The first-order valence-electron chi connectivity index (χ1n) is 6.70. The zero-order valence-corrected chi connectivity index (χ0v) is 11.9. The number of nitrogens with zero attached hydrogens (tertiary/aromatic N) is 1. The average Bonchev–Trinajstić information content (AvgIpc) is 2.54. The van der Waals surface area contributed by atoms with Gasteiger partial charge in [0, 0.05) is 30.4 Å². The summed E-state index contributed by atoms with van der Waals surface area (Å²) in [6.07, 6.45) is -0.904. The van der Waals surface area contributed by atoms with Gasteiger partial charge in [0.1, 0.15) is 18.5 Å². The lowest BCUT2D eigenvalue weighted by molar-refractivity contribution is -0.384. The predicted octanol–water partition coefficient (Wildman–Crippen LogP) is 2.72. The van der Waals surface area contributed by atoms with Crippen LogP contribution in [-0.4, -0.2) is 29.3 Å². The quantitative estimate of drug-likeness (QED) is 0.604. The Morgan fingerprint density at radius 2 is 1.87 bits per heavy atom. The number of hydrogen-bond acceptors (Lipinski definition) is 5. The molecule has 0 aromatic heterocycles. The van der Waals surface area contributed by atoms with Crippen molar-refractivity contribution >= 4 is 11.4 Å². The molecule has 122 valence electrons. The molecule has 0 bridgehead atoms. The Bertz CT molecular complexity index is 680. The van der Waals surface area contributed by atoms with Crippen molar-refractivity contribution < 1.29 is 23.5 Å². The molecular formula is C15H14F2N2O4. The van der Waals surface area contributed by atoms with Gasteiger partial charge >= 0.3 is 0 Å². The molecule has 1 unspecified atom stereocenters. The molecule has 0 heterocycles. The normalized spacial score (nSPS) is 11.8. The molecule has 0 saturated carbocycles. The second-order valence-electron chi connectivity index (χ2n) is 4.73. The van der Waals surface area contributed by atoms with Crippen molar-refractivity contribution in [2.75, 3.05) is 18.5 Å². The molecule has 0 aliphatic rings. The van der Waals surface area contributed by atoms with Gasteiger partial charge in [-0.25, -0.2) is 8.78 Å². The van der Waals surface area contributed by atoms with Crippen molar-refractivity contribution in [2.24, 2.45) is 0 Å². The SMILES string of the molecule is O=[N+]([O-])c1ccc(NCC(O)COc2ccc(F)c(F)c2)cc1. The van der Waals surface area contributed by atoms with Crippen LogP contribution in [0.15, 0.2) is 42.5 Å². The van der Waals surface area contributed by atoms with Crippen LogP contribution in [0.2, 0.25) is 0 Å². The van der Waals surface area contributed by atoms with Gasteiger partial charge in [0.2, 0.25) is 0 Å². The van der Waals surface area contributed by atoms with E-state index in [4.69, 9.17) is 4.74 Å². The van der Waals surface area contributed by atoms with Crippen molar-refractivity contribution in [3.05, 3.63) is 64.2 Å². The first-order valence-corrected chi connectivity index (χ1v) is 6.70. The zero-order chi connectivity index (χ0) is 16.8. The number of nitrogens with one attached hydrogen (secondary N) is 1. The molecule has 2 aromatic carbocycles. The van der Waals surface area contributed by atoms with Crippen LogP contribution in [0.3, 0.4) is 0 Å². The molecular weight excluding hydrogens is 310 g/mol. The number of rotatable bonds is 7. The molecule has 2 rings (SSSR count). The van der Waals surface area contributed by atoms with Crippen molar-refractivity contribution in [3.63, 3.8) is 0 Å². The Hall–Kier alpha value is -2.74. The second kappa shape index (κ2) is 7.50. The number of benzene rings is 2. The van der Waals surface area contributed by atoms with Crippen LogP contribution in [0, 0.1) is 21.7 Å². The third kappa shape index (κ3) is 4.89. The number of anilines is 1. The maximum absolute atomic E-state index is 13.0. The van der Waals surface area contributed by atoms with Crippen molar-refractivity contribution in [2.45, 2.75) is 6.10 Å². The molecule has 23 heavy (non-hydrogen) atoms. The molecule has 0 amide bonds. The van der Waals surface area contributed by atoms with Crippen molar-refractivity contribution in [3.8, 4) is 5.75 Å². The summed E-state index contributed by atoms with van der Waals surface area (Å²) in [6, 6.07) is 8.80. The van der Waals surface area contributed by atoms with E-state index in [2.05, 4.69) is 5.32 Å². The number of hydrogen-bond donors (Lipinski definition) is 2. The minimum atomic E-state index is -1.03. The highest BCUT2D eigenvalue weighted by Gasteiger charge is 2.09. The number of nitro groups is 1. The van der Waals surface area contributed by atoms with E-state index < -0.39 is 22.7 Å². The zero-order valence-electron chi connectivity index (χ0n) is 11.9. The number of ether oxygens (including phenoxy) is 1. The lowest BCUT2D eigenvalue weighted by Crippen LogP contribution is -2.26. The van der Waals surface area contributed by atoms with Crippen molar-refractivity contribution in [1.29, 1.82) is 0 Å². The van der Waals surface area contributed by atoms with Crippen LogP contribution < -0.4 is 10.1 Å². The van der Waals surface area contributed by atoms with E-state index in [0.717, 1.165) is 12.1 Å². The lowest BCUT2D eigenvalue weighted by Gasteiger charge is -2.14. The fourth-order valence-corrected chi connectivity index (χ4v) is 1.75. The highest BCUT2D eigenvalue weighted by molar-refractivity contribution is 5.48. The Balaban J connectivity index is 1.79. The molecule has 0 radical (unpaired) electrons. The third-order valence-electron chi connectivity index (χ3n) is 2.95. The van der Waals surface area contributed by atoms with Crippen LogP contribution >= 0.6 is 0 Å². The second-order valence-corrected chi connectivity index (χ2v) is 4.73. The van der Waals surface area contributed by atoms with Crippen LogP contribution in [0.1, 0.15) is 0 Å². The Labute approximate surface area is 130 Å². The van der Waals surface area contributed by atoms with E-state index in [1.54, 1.807) is 0 Å². The van der Waals surface area contributed by atoms with Gasteiger partial charge in [0.15, 0.2) is 11.6 Å². The molecule has 0 aliphatic heterocycles. The molecule has 2 N–H and O–H groups in total. The highest BCUT2D eigenvalue weighted by atomic mass is 19.2. The van der Waals surface area contributed by atoms with Crippen molar-refractivity contribution in [1.82, 2.24) is 0 Å². The fourth-order valence-electron chi connectivity index (χ4n) is 1.75. The number of aliphatic hydroxyl groups is 1. The predicted molar refractivity (Wildman–Crippen MR) is 79.4 cm³/mol. The van der Waals surface area contributed by atoms with E-state index >= 15 is 0 Å². The first-order chi connectivity index (χ1) is 11.0. The summed E-state index contributed by atoms with van der Waals surface area (Å²) in [6.45, 7) is 0.00649. The van der Waals surface area contributed by atoms with Gasteiger partial charge < -0.3 is 15.2 Å². The minimum absolute atomic E-state index is 0.0298. The summed E-state index contributed by atoms with van der Waals surface area (Å²) in [7, 11) is 0. The van der Waals surface area contributed by atoms with E-state index in [1.165, 1.54) is 30.3 Å². The monoisotopic (exact) mass is 324 g/mol. The lowest BCUT2D eigenvalue weighted by atomic mass is 10.2. The molecule has 8 heteroatoms. The Morgan fingerprint density at radius 3 is 2.48 bits per heavy atom. The average molecular weight is 324 g/mol. The van der Waals surface area contributed by atoms with Gasteiger partial charge in [-0.3, -0.25) is 10.1 Å². The van der Waals surface area contributed by atoms with Crippen LogP contribution in [0.4, 0.5) is 20.2 Å². The maximum Gasteiger partial charge on any atom is 0.269 e. The summed E-state index contributed by atoms with van der Waals surface area (Å²) in [5.74, 6) is -1.89. The first kappa shape index (κ1) is 16.6. The van der Waals surface area contributed by atoms with Gasteiger partial charge in [0.25, 0.3) is 5.69 Å². The highest BCUT2D eigenvalue weighted by Crippen LogP contribution is 2.17. The van der Waals surface area contributed by atoms with E-state index in [1.807, 2.05) is 0 Å².